The highest BCUT2D eigenvalue weighted by Crippen LogP contribution is 2.34. The van der Waals surface area contributed by atoms with Gasteiger partial charge in [0.15, 0.2) is 11.5 Å². The molecule has 0 aliphatic heterocycles. The Bertz CT molecular complexity index is 1170. The Morgan fingerprint density at radius 1 is 1.00 bits per heavy atom. The Balaban J connectivity index is 1.63. The lowest BCUT2D eigenvalue weighted by atomic mass is 10.1. The van der Waals surface area contributed by atoms with E-state index in [1.807, 2.05) is 36.4 Å². The summed E-state index contributed by atoms with van der Waals surface area (Å²) in [6.45, 7) is 0. The average Bonchev–Trinajstić information content (AvgIpc) is 3.19. The van der Waals surface area contributed by atoms with Crippen molar-refractivity contribution in [3.8, 4) is 22.1 Å². The molecule has 5 nitrogen and oxygen atoms in total. The number of thiazole rings is 1. The lowest BCUT2D eigenvalue weighted by Crippen LogP contribution is -2.12. The monoisotopic (exact) mass is 424 g/mol. The topological polar surface area (TPSA) is 60.5 Å². The first-order valence-corrected chi connectivity index (χ1v) is 9.97. The highest BCUT2D eigenvalue weighted by atomic mass is 35.5. The second kappa shape index (κ2) is 8.11. The summed E-state index contributed by atoms with van der Waals surface area (Å²) in [6.07, 6.45) is 0. The van der Waals surface area contributed by atoms with Gasteiger partial charge in [0.1, 0.15) is 5.01 Å². The molecule has 1 amide bonds. The molecule has 3 aromatic carbocycles. The first-order chi connectivity index (χ1) is 14.1. The fourth-order valence-electron chi connectivity index (χ4n) is 2.92. The quantitative estimate of drug-likeness (QED) is 0.434. The molecule has 0 fully saturated rings. The minimum absolute atomic E-state index is 0.297. The molecule has 0 bridgehead atoms. The Labute approximate surface area is 176 Å². The Kier molecular flexibility index (Phi) is 5.38. The number of halogens is 1. The van der Waals surface area contributed by atoms with Crippen molar-refractivity contribution in [3.63, 3.8) is 0 Å². The normalized spacial score (nSPS) is 10.7. The van der Waals surface area contributed by atoms with Crippen LogP contribution in [-0.4, -0.2) is 25.1 Å². The Morgan fingerprint density at radius 2 is 1.79 bits per heavy atom. The molecule has 0 saturated heterocycles. The van der Waals surface area contributed by atoms with Crippen molar-refractivity contribution in [1.82, 2.24) is 4.98 Å². The summed E-state index contributed by atoms with van der Waals surface area (Å²) < 4.78 is 11.6. The van der Waals surface area contributed by atoms with E-state index in [0.717, 1.165) is 20.8 Å². The van der Waals surface area contributed by atoms with Crippen LogP contribution in [0.1, 0.15) is 10.4 Å². The number of hydrogen-bond donors (Lipinski definition) is 1. The molecule has 7 heteroatoms. The van der Waals surface area contributed by atoms with E-state index in [0.29, 0.717) is 27.8 Å². The molecule has 0 aliphatic carbocycles. The molecular weight excluding hydrogens is 408 g/mol. The number of para-hydroxylation sites is 1. The van der Waals surface area contributed by atoms with Crippen molar-refractivity contribution >= 4 is 44.7 Å². The number of fused-ring (bicyclic) bond motifs is 1. The predicted octanol–water partition coefficient (Wildman–Crippen LogP) is 5.89. The summed E-state index contributed by atoms with van der Waals surface area (Å²) in [6, 6.07) is 18.4. The van der Waals surface area contributed by atoms with E-state index < -0.39 is 0 Å². The van der Waals surface area contributed by atoms with E-state index >= 15 is 0 Å². The van der Waals surface area contributed by atoms with E-state index in [2.05, 4.69) is 10.3 Å². The van der Waals surface area contributed by atoms with Crippen LogP contribution < -0.4 is 14.8 Å². The summed E-state index contributed by atoms with van der Waals surface area (Å²) in [4.78, 5) is 17.4. The van der Waals surface area contributed by atoms with Gasteiger partial charge in [-0.2, -0.15) is 0 Å². The number of carbonyl (C=O) groups is 1. The lowest BCUT2D eigenvalue weighted by Gasteiger charge is -2.11. The van der Waals surface area contributed by atoms with Crippen LogP contribution in [0.15, 0.2) is 60.7 Å². The van der Waals surface area contributed by atoms with Crippen molar-refractivity contribution in [1.29, 1.82) is 0 Å². The first kappa shape index (κ1) is 19.2. The van der Waals surface area contributed by atoms with Gasteiger partial charge in [-0.25, -0.2) is 4.98 Å². The number of nitrogens with one attached hydrogen (secondary N) is 1. The Morgan fingerprint density at radius 3 is 2.55 bits per heavy atom. The number of amides is 1. The number of ether oxygens (including phenoxy) is 2. The summed E-state index contributed by atoms with van der Waals surface area (Å²) >= 11 is 7.92. The van der Waals surface area contributed by atoms with E-state index in [1.165, 1.54) is 7.11 Å². The number of aromatic nitrogens is 1. The third-order valence-corrected chi connectivity index (χ3v) is 5.82. The third-order valence-electron chi connectivity index (χ3n) is 4.40. The number of methoxy groups -OCH3 is 2. The molecule has 4 rings (SSSR count). The van der Waals surface area contributed by atoms with Gasteiger partial charge >= 0.3 is 0 Å². The van der Waals surface area contributed by atoms with Gasteiger partial charge in [0.2, 0.25) is 0 Å². The van der Waals surface area contributed by atoms with Gasteiger partial charge in [-0.1, -0.05) is 29.8 Å². The van der Waals surface area contributed by atoms with Gasteiger partial charge in [-0.05, 0) is 42.5 Å². The minimum atomic E-state index is -0.297. The predicted molar refractivity (Wildman–Crippen MR) is 118 cm³/mol. The van der Waals surface area contributed by atoms with E-state index in [-0.39, 0.29) is 5.91 Å². The number of nitrogens with zero attached hydrogens (tertiary/aromatic N) is 1. The number of benzene rings is 3. The molecule has 0 radical (unpaired) electrons. The van der Waals surface area contributed by atoms with E-state index in [1.54, 1.807) is 42.7 Å². The minimum Gasteiger partial charge on any atom is -0.493 e. The fraction of sp³-hybridized carbons (Fsp3) is 0.0909. The van der Waals surface area contributed by atoms with Crippen LogP contribution in [0.5, 0.6) is 11.5 Å². The largest absolute Gasteiger partial charge is 0.493 e. The molecule has 146 valence electrons. The molecular formula is C22H17ClN2O3S. The molecule has 0 aliphatic rings. The van der Waals surface area contributed by atoms with Crippen LogP contribution in [0, 0.1) is 0 Å². The van der Waals surface area contributed by atoms with Crippen LogP contribution in [0.25, 0.3) is 20.8 Å². The second-order valence-corrected chi connectivity index (χ2v) is 7.64. The average molecular weight is 425 g/mol. The number of hydrogen-bond acceptors (Lipinski definition) is 5. The van der Waals surface area contributed by atoms with Gasteiger partial charge in [0.25, 0.3) is 5.91 Å². The zero-order valence-corrected chi connectivity index (χ0v) is 17.3. The number of anilines is 1. The fourth-order valence-corrected chi connectivity index (χ4v) is 4.05. The van der Waals surface area contributed by atoms with E-state index in [9.17, 15) is 4.79 Å². The standard InChI is InChI=1S/C22H17ClN2O3S/c1-27-18-10-8-13(12-19(18)28-2)21(26)24-17-11-14(7-9-15(17)23)22-25-16-5-3-4-6-20(16)29-22/h3-12H,1-2H3,(H,24,26). The number of rotatable bonds is 5. The van der Waals surface area contributed by atoms with Crippen molar-refractivity contribution < 1.29 is 14.3 Å². The molecule has 0 saturated carbocycles. The molecule has 29 heavy (non-hydrogen) atoms. The van der Waals surface area contributed by atoms with Crippen molar-refractivity contribution in [2.24, 2.45) is 0 Å². The maximum atomic E-state index is 12.7. The van der Waals surface area contributed by atoms with Crippen LogP contribution in [0.3, 0.4) is 0 Å². The van der Waals surface area contributed by atoms with Crippen LogP contribution >= 0.6 is 22.9 Å². The van der Waals surface area contributed by atoms with Crippen LogP contribution in [-0.2, 0) is 0 Å². The highest BCUT2D eigenvalue weighted by Gasteiger charge is 2.14. The Hall–Kier alpha value is -3.09. The maximum absolute atomic E-state index is 12.7. The van der Waals surface area contributed by atoms with E-state index in [4.69, 9.17) is 21.1 Å². The molecule has 0 atom stereocenters. The second-order valence-electron chi connectivity index (χ2n) is 6.21. The summed E-state index contributed by atoms with van der Waals surface area (Å²) in [5, 5.41) is 4.18. The zero-order chi connectivity index (χ0) is 20.4. The highest BCUT2D eigenvalue weighted by molar-refractivity contribution is 7.21. The zero-order valence-electron chi connectivity index (χ0n) is 15.7. The molecule has 0 spiro atoms. The van der Waals surface area contributed by atoms with Gasteiger partial charge in [0.05, 0.1) is 35.1 Å². The third kappa shape index (κ3) is 3.90. The lowest BCUT2D eigenvalue weighted by molar-refractivity contribution is 0.102. The maximum Gasteiger partial charge on any atom is 0.255 e. The summed E-state index contributed by atoms with van der Waals surface area (Å²) in [5.41, 5.74) is 2.78. The molecule has 0 unspecified atom stereocenters. The van der Waals surface area contributed by atoms with Crippen molar-refractivity contribution in [3.05, 3.63) is 71.2 Å². The smallest absolute Gasteiger partial charge is 0.255 e. The first-order valence-electron chi connectivity index (χ1n) is 8.78. The van der Waals surface area contributed by atoms with Crippen molar-refractivity contribution in [2.45, 2.75) is 0 Å². The van der Waals surface area contributed by atoms with Crippen LogP contribution in [0.2, 0.25) is 5.02 Å². The SMILES string of the molecule is COc1ccc(C(=O)Nc2cc(-c3nc4ccccc4s3)ccc2Cl)cc1OC. The summed E-state index contributed by atoms with van der Waals surface area (Å²) in [7, 11) is 3.07. The van der Waals surface area contributed by atoms with Crippen LogP contribution in [0.4, 0.5) is 5.69 Å². The van der Waals surface area contributed by atoms with Gasteiger partial charge in [0, 0.05) is 11.1 Å². The van der Waals surface area contributed by atoms with Gasteiger partial charge in [-0.3, -0.25) is 4.79 Å². The molecule has 1 N–H and O–H groups in total. The number of carbonyl (C=O) groups excluding carboxylic acids is 1. The summed E-state index contributed by atoms with van der Waals surface area (Å²) in [5.74, 6) is 0.740. The molecule has 1 aromatic heterocycles. The van der Waals surface area contributed by atoms with Crippen molar-refractivity contribution in [2.75, 3.05) is 19.5 Å². The molecule has 4 aromatic rings. The van der Waals surface area contributed by atoms with Gasteiger partial charge < -0.3 is 14.8 Å². The van der Waals surface area contributed by atoms with Gasteiger partial charge in [-0.15, -0.1) is 11.3 Å². The molecule has 1 heterocycles.